The number of carbonyl (C=O) groups is 3. The zero-order chi connectivity index (χ0) is 24.9. The Morgan fingerprint density at radius 1 is 1.14 bits per heavy atom. The van der Waals surface area contributed by atoms with Crippen LogP contribution < -0.4 is 21.3 Å². The number of hydrogen-bond acceptors (Lipinski definition) is 6. The molecule has 2 aromatic rings. The number of nitrogens with one attached hydrogen (secondary N) is 2. The lowest BCUT2D eigenvalue weighted by molar-refractivity contribution is 0.0934. The second kappa shape index (κ2) is 10.9. The molecule has 0 radical (unpaired) electrons. The molecule has 4 rings (SSSR count). The van der Waals surface area contributed by atoms with E-state index in [0.29, 0.717) is 40.9 Å². The Kier molecular flexibility index (Phi) is 7.68. The van der Waals surface area contributed by atoms with Gasteiger partial charge < -0.3 is 21.3 Å². The number of Topliss-reactive ketones (excluding diaryl/α,β-unsaturated/α-hetero) is 1. The molecule has 1 saturated heterocycles. The number of fused-ring (bicyclic) bond motifs is 1. The molecule has 2 aliphatic rings. The predicted molar refractivity (Wildman–Crippen MR) is 137 cm³/mol. The molecule has 1 aliphatic carbocycles. The van der Waals surface area contributed by atoms with E-state index in [1.165, 1.54) is 0 Å². The molecule has 1 aromatic heterocycles. The second-order valence-corrected chi connectivity index (χ2v) is 9.67. The number of carbonyl (C=O) groups excluding carboxylic acids is 3. The van der Waals surface area contributed by atoms with Crippen LogP contribution in [-0.4, -0.2) is 47.8 Å². The van der Waals surface area contributed by atoms with Crippen molar-refractivity contribution in [1.82, 2.24) is 10.3 Å². The first-order valence-corrected chi connectivity index (χ1v) is 12.6. The maximum Gasteiger partial charge on any atom is 0.251 e. The largest absolute Gasteiger partial charge is 0.384 e. The van der Waals surface area contributed by atoms with Gasteiger partial charge in [-0.05, 0) is 75.3 Å². The smallest absolute Gasteiger partial charge is 0.251 e. The Morgan fingerprint density at radius 2 is 1.94 bits per heavy atom. The molecule has 3 atom stereocenters. The van der Waals surface area contributed by atoms with Crippen LogP contribution >= 0.6 is 0 Å². The van der Waals surface area contributed by atoms with Crippen LogP contribution in [0.5, 0.6) is 0 Å². The van der Waals surface area contributed by atoms with Crippen molar-refractivity contribution in [2.24, 2.45) is 11.7 Å². The van der Waals surface area contributed by atoms with E-state index in [0.717, 1.165) is 50.9 Å². The summed E-state index contributed by atoms with van der Waals surface area (Å²) in [6, 6.07) is 9.16. The molecule has 2 amide bonds. The van der Waals surface area contributed by atoms with Crippen LogP contribution in [0.15, 0.2) is 36.5 Å². The summed E-state index contributed by atoms with van der Waals surface area (Å²) in [7, 11) is 0. The second-order valence-electron chi connectivity index (χ2n) is 9.67. The van der Waals surface area contributed by atoms with E-state index in [2.05, 4.69) is 27.4 Å². The van der Waals surface area contributed by atoms with Gasteiger partial charge in [0, 0.05) is 48.2 Å². The zero-order valence-electron chi connectivity index (χ0n) is 20.5. The minimum atomic E-state index is -0.513. The first kappa shape index (κ1) is 24.7. The number of benzene rings is 1. The molecule has 35 heavy (non-hydrogen) atoms. The highest BCUT2D eigenvalue weighted by Gasteiger charge is 2.41. The number of nitrogens with zero attached hydrogens (tertiary/aromatic N) is 2. The standard InChI is InChI=1S/C27H35N5O3/c1-3-4-11-29-23-14-19(7-9-22(23)26(28)34)27(35)31-21-13-18-6-5-12-32(24(18)15-21)25-10-8-20(16-30-25)17(2)33/h7-10,14,16,18,21,24,29H,3-6,11-13,15H2,1-2H3,(H2,28,34)(H,31,35). The molecule has 2 heterocycles. The molecule has 0 spiro atoms. The van der Waals surface area contributed by atoms with E-state index in [1.54, 1.807) is 31.3 Å². The van der Waals surface area contributed by atoms with E-state index in [9.17, 15) is 14.4 Å². The SMILES string of the molecule is CCCCNc1cc(C(=O)NC2CC3CCCN(c4ccc(C(C)=O)cn4)C3C2)ccc1C(N)=O. The van der Waals surface area contributed by atoms with E-state index < -0.39 is 5.91 Å². The van der Waals surface area contributed by atoms with Crippen molar-refractivity contribution >= 4 is 29.1 Å². The van der Waals surface area contributed by atoms with Crippen LogP contribution in [-0.2, 0) is 0 Å². The number of ketones is 1. The molecule has 8 nitrogen and oxygen atoms in total. The molecule has 186 valence electrons. The summed E-state index contributed by atoms with van der Waals surface area (Å²) in [5, 5.41) is 6.46. The van der Waals surface area contributed by atoms with Gasteiger partial charge in [0.15, 0.2) is 5.78 Å². The van der Waals surface area contributed by atoms with Gasteiger partial charge in [-0.15, -0.1) is 0 Å². The molecule has 8 heteroatoms. The van der Waals surface area contributed by atoms with Crippen molar-refractivity contribution in [2.45, 2.75) is 64.5 Å². The van der Waals surface area contributed by atoms with Gasteiger partial charge in [0.2, 0.25) is 0 Å². The van der Waals surface area contributed by atoms with Crippen molar-refractivity contribution in [2.75, 3.05) is 23.3 Å². The summed E-state index contributed by atoms with van der Waals surface area (Å²) < 4.78 is 0. The highest BCUT2D eigenvalue weighted by molar-refractivity contribution is 6.02. The van der Waals surface area contributed by atoms with Crippen molar-refractivity contribution < 1.29 is 14.4 Å². The van der Waals surface area contributed by atoms with E-state index >= 15 is 0 Å². The van der Waals surface area contributed by atoms with Gasteiger partial charge in [-0.1, -0.05) is 13.3 Å². The topological polar surface area (TPSA) is 117 Å². The number of rotatable bonds is 9. The minimum Gasteiger partial charge on any atom is -0.384 e. The number of anilines is 2. The molecular formula is C27H35N5O3. The van der Waals surface area contributed by atoms with Gasteiger partial charge in [-0.3, -0.25) is 14.4 Å². The van der Waals surface area contributed by atoms with Gasteiger partial charge in [0.1, 0.15) is 5.82 Å². The number of pyridine rings is 1. The molecule has 1 aliphatic heterocycles. The summed E-state index contributed by atoms with van der Waals surface area (Å²) in [4.78, 5) is 43.4. The van der Waals surface area contributed by atoms with Crippen LogP contribution in [0.25, 0.3) is 0 Å². The first-order valence-electron chi connectivity index (χ1n) is 12.6. The molecule has 1 aromatic carbocycles. The van der Waals surface area contributed by atoms with E-state index in [-0.39, 0.29) is 17.7 Å². The van der Waals surface area contributed by atoms with Gasteiger partial charge in [-0.2, -0.15) is 0 Å². The number of amides is 2. The summed E-state index contributed by atoms with van der Waals surface area (Å²) in [6.45, 7) is 5.28. The average Bonchev–Trinajstić information content (AvgIpc) is 3.26. The highest BCUT2D eigenvalue weighted by atomic mass is 16.2. The number of primary amides is 1. The monoisotopic (exact) mass is 477 g/mol. The van der Waals surface area contributed by atoms with Crippen LogP contribution in [0.1, 0.15) is 83.4 Å². The Morgan fingerprint density at radius 3 is 2.63 bits per heavy atom. The molecule has 4 N–H and O–H groups in total. The van der Waals surface area contributed by atoms with Gasteiger partial charge in [0.05, 0.1) is 5.56 Å². The normalized spacial score (nSPS) is 21.3. The summed E-state index contributed by atoms with van der Waals surface area (Å²) in [5.41, 5.74) is 7.65. The third-order valence-corrected chi connectivity index (χ3v) is 7.21. The lowest BCUT2D eigenvalue weighted by Gasteiger charge is -2.38. The summed E-state index contributed by atoms with van der Waals surface area (Å²) in [6.07, 6.45) is 7.64. The van der Waals surface area contributed by atoms with Crippen molar-refractivity contribution in [3.8, 4) is 0 Å². The molecule has 0 bridgehead atoms. The van der Waals surface area contributed by atoms with Crippen molar-refractivity contribution in [3.63, 3.8) is 0 Å². The Labute approximate surface area is 206 Å². The number of unbranched alkanes of at least 4 members (excludes halogenated alkanes) is 1. The lowest BCUT2D eigenvalue weighted by Crippen LogP contribution is -2.43. The summed E-state index contributed by atoms with van der Waals surface area (Å²) in [5.74, 6) is 0.740. The Balaban J connectivity index is 1.44. The summed E-state index contributed by atoms with van der Waals surface area (Å²) >= 11 is 0. The van der Waals surface area contributed by atoms with Gasteiger partial charge in [0.25, 0.3) is 11.8 Å². The fourth-order valence-corrected chi connectivity index (χ4v) is 5.37. The van der Waals surface area contributed by atoms with E-state index in [1.807, 2.05) is 12.1 Å². The van der Waals surface area contributed by atoms with Gasteiger partial charge in [-0.25, -0.2) is 4.98 Å². The number of hydrogen-bond donors (Lipinski definition) is 3. The fourth-order valence-electron chi connectivity index (χ4n) is 5.37. The molecule has 1 saturated carbocycles. The van der Waals surface area contributed by atoms with Crippen LogP contribution in [0.3, 0.4) is 0 Å². The quantitative estimate of drug-likeness (QED) is 0.374. The highest BCUT2D eigenvalue weighted by Crippen LogP contribution is 2.39. The Bertz CT molecular complexity index is 1080. The van der Waals surface area contributed by atoms with Gasteiger partial charge >= 0.3 is 0 Å². The van der Waals surface area contributed by atoms with Crippen molar-refractivity contribution in [3.05, 3.63) is 53.2 Å². The first-order chi connectivity index (χ1) is 16.9. The lowest BCUT2D eigenvalue weighted by atomic mass is 9.92. The average molecular weight is 478 g/mol. The van der Waals surface area contributed by atoms with Crippen LogP contribution in [0.4, 0.5) is 11.5 Å². The number of aromatic nitrogens is 1. The minimum absolute atomic E-state index is 0.0109. The Hall–Kier alpha value is -3.42. The maximum atomic E-state index is 13.1. The predicted octanol–water partition coefficient (Wildman–Crippen LogP) is 3.77. The van der Waals surface area contributed by atoms with E-state index in [4.69, 9.17) is 5.73 Å². The van der Waals surface area contributed by atoms with Crippen molar-refractivity contribution in [1.29, 1.82) is 0 Å². The molecular weight excluding hydrogens is 442 g/mol. The molecule has 3 unspecified atom stereocenters. The third kappa shape index (κ3) is 5.63. The number of piperidine rings is 1. The fraction of sp³-hybridized carbons (Fsp3) is 0.481. The third-order valence-electron chi connectivity index (χ3n) is 7.21. The van der Waals surface area contributed by atoms with Crippen LogP contribution in [0, 0.1) is 5.92 Å². The zero-order valence-corrected chi connectivity index (χ0v) is 20.5. The maximum absolute atomic E-state index is 13.1. The van der Waals surface area contributed by atoms with Crippen LogP contribution in [0.2, 0.25) is 0 Å². The molecule has 2 fully saturated rings. The number of nitrogens with two attached hydrogens (primary N) is 1.